The van der Waals surface area contributed by atoms with Crippen LogP contribution in [0.25, 0.3) is 0 Å². The molecule has 104 valence electrons. The van der Waals surface area contributed by atoms with Gasteiger partial charge >= 0.3 is 5.97 Å². The van der Waals surface area contributed by atoms with Crippen LogP contribution >= 0.6 is 0 Å². The molecule has 1 aromatic carbocycles. The van der Waals surface area contributed by atoms with Crippen LogP contribution in [-0.2, 0) is 0 Å². The van der Waals surface area contributed by atoms with Gasteiger partial charge in [-0.05, 0) is 37.7 Å². The second-order valence-corrected chi connectivity index (χ2v) is 4.53. The van der Waals surface area contributed by atoms with E-state index in [1.807, 2.05) is 6.92 Å². The van der Waals surface area contributed by atoms with Crippen LogP contribution in [-0.4, -0.2) is 41.4 Å². The Morgan fingerprint density at radius 2 is 1.84 bits per heavy atom. The summed E-state index contributed by atoms with van der Waals surface area (Å²) < 4.78 is 0. The van der Waals surface area contributed by atoms with Gasteiger partial charge in [0.15, 0.2) is 5.78 Å². The molecular weight excluding hydrogens is 242 g/mol. The number of aromatic carboxylic acids is 1. The van der Waals surface area contributed by atoms with Crippen LogP contribution in [0.5, 0.6) is 0 Å². The summed E-state index contributed by atoms with van der Waals surface area (Å²) in [5.74, 6) is -0.995. The van der Waals surface area contributed by atoms with Crippen LogP contribution in [0.15, 0.2) is 18.2 Å². The highest BCUT2D eigenvalue weighted by atomic mass is 16.4. The molecule has 0 aliphatic rings. The van der Waals surface area contributed by atoms with Crippen LogP contribution in [0.1, 0.15) is 46.5 Å². The van der Waals surface area contributed by atoms with Crippen molar-refractivity contribution in [2.45, 2.75) is 27.2 Å². The van der Waals surface area contributed by atoms with Crippen LogP contribution in [0.2, 0.25) is 0 Å². The molecule has 0 atom stereocenters. The molecule has 0 radical (unpaired) electrons. The Labute approximate surface area is 114 Å². The largest absolute Gasteiger partial charge is 0.478 e. The predicted molar refractivity (Wildman–Crippen MR) is 74.9 cm³/mol. The summed E-state index contributed by atoms with van der Waals surface area (Å²) in [6.45, 7) is 8.49. The summed E-state index contributed by atoms with van der Waals surface area (Å²) in [6, 6.07) is 4.69. The van der Waals surface area contributed by atoms with Crippen molar-refractivity contribution in [3.63, 3.8) is 0 Å². The van der Waals surface area contributed by atoms with E-state index in [-0.39, 0.29) is 11.3 Å². The summed E-state index contributed by atoms with van der Waals surface area (Å²) in [7, 11) is 0. The van der Waals surface area contributed by atoms with E-state index in [0.717, 1.165) is 18.7 Å². The number of carboxylic acids is 1. The maximum Gasteiger partial charge on any atom is 0.335 e. The lowest BCUT2D eigenvalue weighted by Crippen LogP contribution is -2.26. The lowest BCUT2D eigenvalue weighted by Gasteiger charge is -2.17. The van der Waals surface area contributed by atoms with Crippen molar-refractivity contribution < 1.29 is 14.7 Å². The van der Waals surface area contributed by atoms with Gasteiger partial charge in [0.05, 0.1) is 5.56 Å². The number of carbonyl (C=O) groups excluding carboxylic acids is 1. The first-order chi connectivity index (χ1) is 8.99. The molecule has 0 saturated carbocycles. The van der Waals surface area contributed by atoms with Crippen molar-refractivity contribution in [2.75, 3.05) is 19.6 Å². The van der Waals surface area contributed by atoms with Gasteiger partial charge in [0, 0.05) is 18.5 Å². The first kappa shape index (κ1) is 15.4. The van der Waals surface area contributed by atoms with Crippen molar-refractivity contribution in [1.29, 1.82) is 0 Å². The molecule has 0 unspecified atom stereocenters. The Kier molecular flexibility index (Phi) is 5.70. The molecule has 0 aromatic heterocycles. The zero-order valence-corrected chi connectivity index (χ0v) is 11.8. The fraction of sp³-hybridized carbons (Fsp3) is 0.467. The van der Waals surface area contributed by atoms with Gasteiger partial charge in [-0.3, -0.25) is 4.79 Å². The van der Waals surface area contributed by atoms with E-state index >= 15 is 0 Å². The third kappa shape index (κ3) is 4.17. The van der Waals surface area contributed by atoms with E-state index < -0.39 is 5.97 Å². The molecule has 4 nitrogen and oxygen atoms in total. The second kappa shape index (κ2) is 7.04. The third-order valence-corrected chi connectivity index (χ3v) is 3.33. The molecular formula is C15H21NO3. The number of hydrogen-bond donors (Lipinski definition) is 1. The summed E-state index contributed by atoms with van der Waals surface area (Å²) in [5.41, 5.74) is 1.51. The molecule has 0 amide bonds. The van der Waals surface area contributed by atoms with Gasteiger partial charge in [0.1, 0.15) is 0 Å². The second-order valence-electron chi connectivity index (χ2n) is 4.53. The molecule has 0 fully saturated rings. The Hall–Kier alpha value is -1.68. The first-order valence-corrected chi connectivity index (χ1v) is 6.59. The minimum Gasteiger partial charge on any atom is -0.478 e. The van der Waals surface area contributed by atoms with Crippen LogP contribution in [0.4, 0.5) is 0 Å². The van der Waals surface area contributed by atoms with E-state index in [0.29, 0.717) is 18.5 Å². The number of hydrogen-bond acceptors (Lipinski definition) is 3. The van der Waals surface area contributed by atoms with Crippen molar-refractivity contribution in [1.82, 2.24) is 4.90 Å². The van der Waals surface area contributed by atoms with Gasteiger partial charge in [-0.15, -0.1) is 0 Å². The number of carboxylic acid groups (broad SMARTS) is 1. The van der Waals surface area contributed by atoms with Crippen LogP contribution < -0.4 is 0 Å². The third-order valence-electron chi connectivity index (χ3n) is 3.33. The molecule has 0 spiro atoms. The van der Waals surface area contributed by atoms with Gasteiger partial charge in [-0.1, -0.05) is 19.9 Å². The highest BCUT2D eigenvalue weighted by Gasteiger charge is 2.13. The molecule has 0 bridgehead atoms. The van der Waals surface area contributed by atoms with Gasteiger partial charge in [-0.2, -0.15) is 0 Å². The minimum atomic E-state index is -1.00. The molecule has 0 saturated heterocycles. The van der Waals surface area contributed by atoms with E-state index in [4.69, 9.17) is 5.11 Å². The topological polar surface area (TPSA) is 57.6 Å². The monoisotopic (exact) mass is 263 g/mol. The fourth-order valence-electron chi connectivity index (χ4n) is 1.99. The summed E-state index contributed by atoms with van der Waals surface area (Å²) in [6.07, 6.45) is 0.422. The fourth-order valence-corrected chi connectivity index (χ4v) is 1.99. The molecule has 0 heterocycles. The number of rotatable bonds is 7. The minimum absolute atomic E-state index is 0.00694. The lowest BCUT2D eigenvalue weighted by atomic mass is 9.99. The highest BCUT2D eigenvalue weighted by molar-refractivity contribution is 6.00. The number of carbonyl (C=O) groups is 2. The maximum absolute atomic E-state index is 12.2. The normalized spacial score (nSPS) is 10.7. The summed E-state index contributed by atoms with van der Waals surface area (Å²) in [4.78, 5) is 25.3. The van der Waals surface area contributed by atoms with Crippen molar-refractivity contribution in [2.24, 2.45) is 0 Å². The van der Waals surface area contributed by atoms with Crippen LogP contribution in [0.3, 0.4) is 0 Å². The number of aryl methyl sites for hydroxylation is 1. The van der Waals surface area contributed by atoms with Crippen molar-refractivity contribution >= 4 is 11.8 Å². The SMILES string of the molecule is CCN(CC)CCC(=O)c1cc(C(=O)O)ccc1C. The van der Waals surface area contributed by atoms with Gasteiger partial charge in [0.2, 0.25) is 0 Å². The van der Waals surface area contributed by atoms with Crippen molar-refractivity contribution in [3.8, 4) is 0 Å². The van der Waals surface area contributed by atoms with E-state index in [9.17, 15) is 9.59 Å². The number of ketones is 1. The maximum atomic E-state index is 12.2. The van der Waals surface area contributed by atoms with Crippen LogP contribution in [0, 0.1) is 6.92 Å². The highest BCUT2D eigenvalue weighted by Crippen LogP contribution is 2.14. The van der Waals surface area contributed by atoms with Gasteiger partial charge < -0.3 is 10.0 Å². The molecule has 4 heteroatoms. The van der Waals surface area contributed by atoms with E-state index in [1.165, 1.54) is 12.1 Å². The number of benzene rings is 1. The average Bonchev–Trinajstić information content (AvgIpc) is 2.39. The quantitative estimate of drug-likeness (QED) is 0.768. The molecule has 0 aliphatic heterocycles. The predicted octanol–water partition coefficient (Wildman–Crippen LogP) is 2.61. The number of Topliss-reactive ketones (excluding diaryl/α,β-unsaturated/α-hetero) is 1. The number of nitrogens with zero attached hydrogens (tertiary/aromatic N) is 1. The first-order valence-electron chi connectivity index (χ1n) is 6.59. The zero-order chi connectivity index (χ0) is 14.4. The standard InChI is InChI=1S/C15H21NO3/c1-4-16(5-2)9-8-14(17)13-10-12(15(18)19)7-6-11(13)3/h6-7,10H,4-5,8-9H2,1-3H3,(H,18,19). The summed E-state index contributed by atoms with van der Waals surface area (Å²) >= 11 is 0. The van der Waals surface area contributed by atoms with Crippen molar-refractivity contribution in [3.05, 3.63) is 34.9 Å². The molecule has 1 N–H and O–H groups in total. The van der Waals surface area contributed by atoms with Gasteiger partial charge in [0.25, 0.3) is 0 Å². The Morgan fingerprint density at radius 3 is 2.37 bits per heavy atom. The molecule has 1 rings (SSSR count). The Balaban J connectivity index is 2.81. The lowest BCUT2D eigenvalue weighted by molar-refractivity contribution is 0.0697. The summed E-state index contributed by atoms with van der Waals surface area (Å²) in [5, 5.41) is 8.96. The average molecular weight is 263 g/mol. The smallest absolute Gasteiger partial charge is 0.335 e. The zero-order valence-electron chi connectivity index (χ0n) is 11.8. The molecule has 19 heavy (non-hydrogen) atoms. The Bertz CT molecular complexity index is 464. The van der Waals surface area contributed by atoms with E-state index in [1.54, 1.807) is 6.07 Å². The Morgan fingerprint density at radius 1 is 1.21 bits per heavy atom. The molecule has 0 aliphatic carbocycles. The van der Waals surface area contributed by atoms with E-state index in [2.05, 4.69) is 18.7 Å². The molecule has 1 aromatic rings. The van der Waals surface area contributed by atoms with Gasteiger partial charge in [-0.25, -0.2) is 4.79 Å².